The van der Waals surface area contributed by atoms with Gasteiger partial charge in [-0.1, -0.05) is 11.6 Å². The van der Waals surface area contributed by atoms with Crippen molar-refractivity contribution in [1.29, 1.82) is 0 Å². The van der Waals surface area contributed by atoms with Gasteiger partial charge in [-0.25, -0.2) is 14.4 Å². The molecule has 0 bridgehead atoms. The van der Waals surface area contributed by atoms with Gasteiger partial charge in [0, 0.05) is 69.8 Å². The lowest BCUT2D eigenvalue weighted by molar-refractivity contribution is -0.116. The van der Waals surface area contributed by atoms with Crippen LogP contribution < -0.4 is 21.5 Å². The number of anilines is 2. The van der Waals surface area contributed by atoms with Crippen LogP contribution in [0.4, 0.5) is 24.7 Å². The van der Waals surface area contributed by atoms with E-state index >= 15 is 4.39 Å². The molecule has 0 radical (unpaired) electrons. The summed E-state index contributed by atoms with van der Waals surface area (Å²) in [6.45, 7) is 6.03. The van der Waals surface area contributed by atoms with Crippen LogP contribution in [0.15, 0.2) is 29.5 Å². The SMILES string of the molecule is CO[C@@H](C)CN1CCN(c2cc(NC(=O)Cn3cc(-c4cc(C(N)=O)c(O)c(F)c4F)c4c(=O)n(C)cnc43)c(Cl)c(F)n2)[C@@H](C)C1. The molecule has 13 nitrogen and oxygen atoms in total. The number of rotatable bonds is 9. The molecule has 1 aliphatic heterocycles. The van der Waals surface area contributed by atoms with E-state index in [2.05, 4.69) is 20.2 Å². The Balaban J connectivity index is 1.46. The van der Waals surface area contributed by atoms with Gasteiger partial charge in [-0.2, -0.15) is 8.78 Å². The number of carbonyl (C=O) groups excluding carboxylic acids is 2. The van der Waals surface area contributed by atoms with Crippen LogP contribution in [0.5, 0.6) is 5.75 Å². The summed E-state index contributed by atoms with van der Waals surface area (Å²) < 4.78 is 52.3. The molecule has 47 heavy (non-hydrogen) atoms. The second-order valence-corrected chi connectivity index (χ2v) is 11.7. The Bertz CT molecular complexity index is 1950. The summed E-state index contributed by atoms with van der Waals surface area (Å²) in [6.07, 6.45) is 2.38. The van der Waals surface area contributed by atoms with Crippen LogP contribution in [0.25, 0.3) is 22.2 Å². The van der Waals surface area contributed by atoms with Crippen molar-refractivity contribution in [2.45, 2.75) is 32.5 Å². The molecule has 3 aromatic heterocycles. The lowest BCUT2D eigenvalue weighted by atomic mass is 10.0. The number of aryl methyl sites for hydroxylation is 1. The van der Waals surface area contributed by atoms with E-state index in [9.17, 15) is 28.3 Å². The van der Waals surface area contributed by atoms with Crippen molar-refractivity contribution in [3.05, 3.63) is 63.2 Å². The van der Waals surface area contributed by atoms with Gasteiger partial charge in [-0.3, -0.25) is 19.3 Å². The molecule has 2 amide bonds. The maximum Gasteiger partial charge on any atom is 0.263 e. The Hall–Kier alpha value is -4.67. The first-order valence-electron chi connectivity index (χ1n) is 14.4. The number of aromatic hydroxyl groups is 1. The number of ether oxygens (including phenoxy) is 1. The van der Waals surface area contributed by atoms with E-state index in [0.29, 0.717) is 19.6 Å². The first kappa shape index (κ1) is 33.7. The van der Waals surface area contributed by atoms with Crippen LogP contribution in [-0.2, 0) is 23.1 Å². The summed E-state index contributed by atoms with van der Waals surface area (Å²) in [7, 11) is 3.02. The largest absolute Gasteiger partial charge is 0.504 e. The average Bonchev–Trinajstić information content (AvgIpc) is 3.37. The van der Waals surface area contributed by atoms with Gasteiger partial charge in [0.05, 0.1) is 29.1 Å². The fourth-order valence-corrected chi connectivity index (χ4v) is 5.78. The summed E-state index contributed by atoms with van der Waals surface area (Å²) in [4.78, 5) is 50.6. The molecular formula is C30H32ClF3N8O5. The van der Waals surface area contributed by atoms with Crippen LogP contribution in [0.1, 0.15) is 24.2 Å². The molecule has 0 saturated carbocycles. The minimum atomic E-state index is -1.75. The highest BCUT2D eigenvalue weighted by Gasteiger charge is 2.29. The normalized spacial score (nSPS) is 16.1. The number of primary amides is 1. The molecule has 0 aliphatic carbocycles. The zero-order valence-corrected chi connectivity index (χ0v) is 26.6. The van der Waals surface area contributed by atoms with Gasteiger partial charge in [-0.05, 0) is 19.9 Å². The van der Waals surface area contributed by atoms with E-state index in [1.54, 1.807) is 7.11 Å². The standard InChI is InChI=1S/C30H32ClF3N8O5/c1-14-9-40(10-15(2)47-4)5-6-42(14)20-8-19(23(31)27(34)38-20)37-21(43)12-41-11-18(22-29(41)36-13-39(3)30(22)46)16-7-17(28(35)45)26(44)25(33)24(16)32/h7-8,11,13-15,44H,5-6,9-10,12H2,1-4H3,(H2,35,45)(H,37,38,43)/t14-,15-/m0/s1. The van der Waals surface area contributed by atoms with Crippen LogP contribution in [0.2, 0.25) is 5.02 Å². The maximum absolute atomic E-state index is 15.1. The number of hydrogen-bond donors (Lipinski definition) is 3. The average molecular weight is 677 g/mol. The van der Waals surface area contributed by atoms with Crippen molar-refractivity contribution in [2.24, 2.45) is 12.8 Å². The van der Waals surface area contributed by atoms with E-state index in [1.807, 2.05) is 18.7 Å². The van der Waals surface area contributed by atoms with Crippen LogP contribution in [-0.4, -0.2) is 86.4 Å². The number of pyridine rings is 1. The first-order valence-corrected chi connectivity index (χ1v) is 14.8. The fourth-order valence-electron chi connectivity index (χ4n) is 5.64. The van der Waals surface area contributed by atoms with Crippen molar-refractivity contribution < 1.29 is 32.6 Å². The van der Waals surface area contributed by atoms with E-state index in [1.165, 1.54) is 30.2 Å². The van der Waals surface area contributed by atoms with Crippen molar-refractivity contribution in [1.82, 2.24) is 24.0 Å². The molecule has 4 aromatic rings. The van der Waals surface area contributed by atoms with Crippen LogP contribution >= 0.6 is 11.6 Å². The highest BCUT2D eigenvalue weighted by Crippen LogP contribution is 2.36. The third-order valence-corrected chi connectivity index (χ3v) is 8.45. The number of benzene rings is 1. The van der Waals surface area contributed by atoms with Gasteiger partial charge in [0.1, 0.15) is 23.0 Å². The predicted octanol–water partition coefficient (Wildman–Crippen LogP) is 2.86. The minimum Gasteiger partial charge on any atom is -0.504 e. The number of nitrogens with two attached hydrogens (primary N) is 1. The zero-order chi connectivity index (χ0) is 34.3. The molecular weight excluding hydrogens is 645 g/mol. The Morgan fingerprint density at radius 1 is 1.21 bits per heavy atom. The highest BCUT2D eigenvalue weighted by atomic mass is 35.5. The number of nitrogens with one attached hydrogen (secondary N) is 1. The lowest BCUT2D eigenvalue weighted by Gasteiger charge is -2.41. The smallest absolute Gasteiger partial charge is 0.263 e. The molecule has 0 unspecified atom stereocenters. The Kier molecular flexibility index (Phi) is 9.47. The summed E-state index contributed by atoms with van der Waals surface area (Å²) in [5.74, 6) is -7.28. The van der Waals surface area contributed by atoms with E-state index in [-0.39, 0.29) is 40.2 Å². The first-order chi connectivity index (χ1) is 22.2. The number of hydrogen-bond acceptors (Lipinski definition) is 9. The van der Waals surface area contributed by atoms with Gasteiger partial charge < -0.3 is 34.9 Å². The van der Waals surface area contributed by atoms with Crippen LogP contribution in [0.3, 0.4) is 0 Å². The van der Waals surface area contributed by atoms with E-state index in [4.69, 9.17) is 22.1 Å². The monoisotopic (exact) mass is 676 g/mol. The minimum absolute atomic E-state index is 0.0438. The molecule has 4 heterocycles. The zero-order valence-electron chi connectivity index (χ0n) is 25.9. The molecule has 2 atom stereocenters. The molecule has 1 fully saturated rings. The Labute approximate surface area is 271 Å². The Morgan fingerprint density at radius 3 is 2.60 bits per heavy atom. The van der Waals surface area contributed by atoms with Crippen LogP contribution in [0, 0.1) is 17.6 Å². The number of halogens is 4. The van der Waals surface area contributed by atoms with E-state index in [0.717, 1.165) is 17.2 Å². The van der Waals surface area contributed by atoms with Gasteiger partial charge in [-0.15, -0.1) is 0 Å². The summed E-state index contributed by atoms with van der Waals surface area (Å²) >= 11 is 6.20. The number of piperazine rings is 1. The van der Waals surface area contributed by atoms with Gasteiger partial charge in [0.25, 0.3) is 11.5 Å². The predicted molar refractivity (Wildman–Crippen MR) is 168 cm³/mol. The van der Waals surface area contributed by atoms with Crippen molar-refractivity contribution in [3.8, 4) is 16.9 Å². The topological polar surface area (TPSA) is 161 Å². The quantitative estimate of drug-likeness (QED) is 0.227. The molecule has 1 aromatic carbocycles. The third kappa shape index (κ3) is 6.48. The third-order valence-electron chi connectivity index (χ3n) is 8.09. The fraction of sp³-hybridized carbons (Fsp3) is 0.367. The summed E-state index contributed by atoms with van der Waals surface area (Å²) in [6, 6.07) is 2.21. The van der Waals surface area contributed by atoms with Crippen molar-refractivity contribution in [2.75, 3.05) is 43.5 Å². The van der Waals surface area contributed by atoms with Gasteiger partial charge in [0.15, 0.2) is 11.6 Å². The highest BCUT2D eigenvalue weighted by molar-refractivity contribution is 6.33. The summed E-state index contributed by atoms with van der Waals surface area (Å²) in [5, 5.41) is 11.8. The number of phenols is 1. The second-order valence-electron chi connectivity index (χ2n) is 11.4. The van der Waals surface area contributed by atoms with Gasteiger partial charge in [0.2, 0.25) is 17.7 Å². The molecule has 17 heteroatoms. The molecule has 0 spiro atoms. The van der Waals surface area contributed by atoms with E-state index < -0.39 is 63.4 Å². The maximum atomic E-state index is 15.1. The van der Waals surface area contributed by atoms with Crippen molar-refractivity contribution in [3.63, 3.8) is 0 Å². The Morgan fingerprint density at radius 2 is 1.94 bits per heavy atom. The number of fused-ring (bicyclic) bond motifs is 1. The van der Waals surface area contributed by atoms with Crippen molar-refractivity contribution >= 4 is 46.0 Å². The summed E-state index contributed by atoms with van der Waals surface area (Å²) in [5.41, 5.74) is 2.92. The molecule has 250 valence electrons. The number of amides is 2. The number of methoxy groups -OCH3 is 1. The molecule has 4 N–H and O–H groups in total. The molecule has 1 aliphatic rings. The number of carbonyl (C=O) groups is 2. The lowest BCUT2D eigenvalue weighted by Crippen LogP contribution is -2.53. The number of nitrogens with zero attached hydrogens (tertiary/aromatic N) is 6. The molecule has 1 saturated heterocycles. The van der Waals surface area contributed by atoms with Gasteiger partial charge >= 0.3 is 0 Å². The second kappa shape index (κ2) is 13.2. The number of aromatic nitrogens is 4. The molecule has 5 rings (SSSR count).